The van der Waals surface area contributed by atoms with Gasteiger partial charge in [-0.1, -0.05) is 70.5 Å². The minimum atomic E-state index is 1.18. The predicted molar refractivity (Wildman–Crippen MR) is 102 cm³/mol. The summed E-state index contributed by atoms with van der Waals surface area (Å²) in [6.07, 6.45) is 0. The number of rotatable bonds is 0. The summed E-state index contributed by atoms with van der Waals surface area (Å²) in [5, 5.41) is 8.08. The molecule has 0 nitrogen and oxygen atoms in total. The van der Waals surface area contributed by atoms with Crippen molar-refractivity contribution in [1.29, 1.82) is 0 Å². The summed E-state index contributed by atoms with van der Waals surface area (Å²) in [5.74, 6) is 0. The average Bonchev–Trinajstić information content (AvgIpc) is 2.96. The van der Waals surface area contributed by atoms with Crippen LogP contribution in [0.5, 0.6) is 0 Å². The van der Waals surface area contributed by atoms with Gasteiger partial charge in [0.25, 0.3) is 0 Å². The molecule has 0 bridgehead atoms. The molecule has 0 fully saturated rings. The maximum atomic E-state index is 3.75. The lowest BCUT2D eigenvalue weighted by Gasteiger charge is -2.07. The van der Waals surface area contributed by atoms with Crippen molar-refractivity contribution in [3.05, 3.63) is 71.2 Å². The number of hydrogen-bond acceptors (Lipinski definition) is 1. The van der Waals surface area contributed by atoms with Gasteiger partial charge in [-0.2, -0.15) is 0 Å². The zero-order chi connectivity index (χ0) is 14.7. The lowest BCUT2D eigenvalue weighted by Crippen LogP contribution is -1.79. The van der Waals surface area contributed by atoms with Crippen LogP contribution in [0, 0.1) is 0 Å². The zero-order valence-corrected chi connectivity index (χ0v) is 14.0. The highest BCUT2D eigenvalue weighted by atomic mass is 79.9. The lowest BCUT2D eigenvalue weighted by atomic mass is 9.97. The van der Waals surface area contributed by atoms with Gasteiger partial charge in [-0.3, -0.25) is 0 Å². The monoisotopic (exact) mass is 362 g/mol. The number of thiophene rings is 1. The summed E-state index contributed by atoms with van der Waals surface area (Å²) in [4.78, 5) is 0. The molecule has 0 unspecified atom stereocenters. The molecule has 2 heteroatoms. The molecule has 0 saturated heterocycles. The standard InChI is InChI=1S/C20H11BrS/c21-16-10-5-11-17-19(16)18-14-8-3-1-6-12(14)13-7-2-4-9-15(13)20(18)22-17/h1-11H. The molecule has 5 aromatic rings. The van der Waals surface area contributed by atoms with Crippen molar-refractivity contribution >= 4 is 69.0 Å². The second-order valence-electron chi connectivity index (χ2n) is 5.51. The molecule has 0 radical (unpaired) electrons. The quantitative estimate of drug-likeness (QED) is 0.257. The highest BCUT2D eigenvalue weighted by molar-refractivity contribution is 9.10. The molecule has 0 amide bonds. The van der Waals surface area contributed by atoms with Crippen LogP contribution < -0.4 is 0 Å². The summed E-state index contributed by atoms with van der Waals surface area (Å²) in [5.41, 5.74) is 0. The molecule has 104 valence electrons. The predicted octanol–water partition coefficient (Wildman–Crippen LogP) is 7.12. The Morgan fingerprint density at radius 2 is 1.23 bits per heavy atom. The van der Waals surface area contributed by atoms with E-state index in [2.05, 4.69) is 82.7 Å². The highest BCUT2D eigenvalue weighted by Crippen LogP contribution is 2.45. The Balaban J connectivity index is 2.26. The summed E-state index contributed by atoms with van der Waals surface area (Å²) in [6, 6.07) is 24.0. The topological polar surface area (TPSA) is 0 Å². The first-order valence-electron chi connectivity index (χ1n) is 7.25. The van der Waals surface area contributed by atoms with Crippen LogP contribution in [0.4, 0.5) is 0 Å². The molecule has 0 saturated carbocycles. The van der Waals surface area contributed by atoms with E-state index in [-0.39, 0.29) is 0 Å². The minimum Gasteiger partial charge on any atom is -0.134 e. The Kier molecular flexibility index (Phi) is 2.61. The van der Waals surface area contributed by atoms with Crippen molar-refractivity contribution in [3.63, 3.8) is 0 Å². The molecule has 5 rings (SSSR count). The molecule has 0 N–H and O–H groups in total. The van der Waals surface area contributed by atoms with Crippen molar-refractivity contribution in [3.8, 4) is 0 Å². The zero-order valence-electron chi connectivity index (χ0n) is 11.6. The van der Waals surface area contributed by atoms with E-state index >= 15 is 0 Å². The first-order valence-corrected chi connectivity index (χ1v) is 8.86. The van der Waals surface area contributed by atoms with Crippen molar-refractivity contribution in [2.24, 2.45) is 0 Å². The van der Waals surface area contributed by atoms with Crippen molar-refractivity contribution in [2.45, 2.75) is 0 Å². The molecule has 1 heterocycles. The first-order chi connectivity index (χ1) is 10.8. The normalized spacial score (nSPS) is 11.9. The third kappa shape index (κ3) is 1.57. The number of benzene rings is 4. The first kappa shape index (κ1) is 12.6. The summed E-state index contributed by atoms with van der Waals surface area (Å²) < 4.78 is 3.90. The Morgan fingerprint density at radius 1 is 0.591 bits per heavy atom. The van der Waals surface area contributed by atoms with E-state index in [9.17, 15) is 0 Å². The second kappa shape index (κ2) is 4.55. The van der Waals surface area contributed by atoms with Crippen molar-refractivity contribution in [2.75, 3.05) is 0 Å². The summed E-state index contributed by atoms with van der Waals surface area (Å²) in [7, 11) is 0. The molecule has 0 aliphatic carbocycles. The van der Waals surface area contributed by atoms with Gasteiger partial charge in [0, 0.05) is 30.0 Å². The Hall–Kier alpha value is -1.90. The highest BCUT2D eigenvalue weighted by Gasteiger charge is 2.14. The van der Waals surface area contributed by atoms with Gasteiger partial charge >= 0.3 is 0 Å². The van der Waals surface area contributed by atoms with Gasteiger partial charge in [0.1, 0.15) is 0 Å². The van der Waals surface area contributed by atoms with Gasteiger partial charge in [0.05, 0.1) is 0 Å². The molecule has 0 atom stereocenters. The number of fused-ring (bicyclic) bond motifs is 8. The Bertz CT molecular complexity index is 1180. The molecule has 0 aliphatic heterocycles. The largest absolute Gasteiger partial charge is 0.134 e. The van der Waals surface area contributed by atoms with E-state index in [1.54, 1.807) is 0 Å². The fourth-order valence-corrected chi connectivity index (χ4v) is 5.38. The minimum absolute atomic E-state index is 1.18. The van der Waals surface area contributed by atoms with Gasteiger partial charge in [-0.05, 0) is 28.3 Å². The van der Waals surface area contributed by atoms with E-state index in [0.29, 0.717) is 0 Å². The van der Waals surface area contributed by atoms with Gasteiger partial charge in [0.2, 0.25) is 0 Å². The van der Waals surface area contributed by atoms with Gasteiger partial charge < -0.3 is 0 Å². The molecule has 22 heavy (non-hydrogen) atoms. The molecule has 0 aliphatic rings. The Morgan fingerprint density at radius 3 is 2.00 bits per heavy atom. The van der Waals surface area contributed by atoms with Crippen LogP contribution in [0.1, 0.15) is 0 Å². The van der Waals surface area contributed by atoms with E-state index < -0.39 is 0 Å². The van der Waals surface area contributed by atoms with E-state index in [1.165, 1.54) is 46.2 Å². The van der Waals surface area contributed by atoms with Crippen molar-refractivity contribution in [1.82, 2.24) is 0 Å². The lowest BCUT2D eigenvalue weighted by molar-refractivity contribution is 1.79. The second-order valence-corrected chi connectivity index (χ2v) is 7.42. The third-order valence-electron chi connectivity index (χ3n) is 4.32. The van der Waals surface area contributed by atoms with Crippen LogP contribution in [0.2, 0.25) is 0 Å². The van der Waals surface area contributed by atoms with Crippen LogP contribution >= 0.6 is 27.3 Å². The fraction of sp³-hybridized carbons (Fsp3) is 0. The molecule has 1 aromatic heterocycles. The van der Waals surface area contributed by atoms with Gasteiger partial charge in [0.15, 0.2) is 0 Å². The fourth-order valence-electron chi connectivity index (χ4n) is 3.41. The Labute approximate surface area is 140 Å². The average molecular weight is 363 g/mol. The van der Waals surface area contributed by atoms with Crippen LogP contribution in [0.3, 0.4) is 0 Å². The summed E-state index contributed by atoms with van der Waals surface area (Å²) in [6.45, 7) is 0. The number of halogens is 1. The maximum absolute atomic E-state index is 3.75. The van der Waals surface area contributed by atoms with Gasteiger partial charge in [-0.25, -0.2) is 0 Å². The molecule has 0 spiro atoms. The smallest absolute Gasteiger partial charge is 0.0440 e. The van der Waals surface area contributed by atoms with Crippen LogP contribution in [-0.4, -0.2) is 0 Å². The van der Waals surface area contributed by atoms with Crippen LogP contribution in [0.15, 0.2) is 71.2 Å². The SMILES string of the molecule is Brc1cccc2sc3c4ccccc4c4ccccc4c3c12. The van der Waals surface area contributed by atoms with E-state index in [1.807, 2.05) is 11.3 Å². The molecular weight excluding hydrogens is 352 g/mol. The third-order valence-corrected chi connectivity index (χ3v) is 6.17. The van der Waals surface area contributed by atoms with E-state index in [0.717, 1.165) is 0 Å². The molecule has 4 aromatic carbocycles. The number of hydrogen-bond donors (Lipinski definition) is 0. The van der Waals surface area contributed by atoms with Crippen molar-refractivity contribution < 1.29 is 0 Å². The van der Waals surface area contributed by atoms with Crippen LogP contribution in [-0.2, 0) is 0 Å². The van der Waals surface area contributed by atoms with Crippen LogP contribution in [0.25, 0.3) is 41.7 Å². The maximum Gasteiger partial charge on any atom is 0.0440 e. The molecular formula is C20H11BrS. The summed E-state index contributed by atoms with van der Waals surface area (Å²) >= 11 is 5.64. The van der Waals surface area contributed by atoms with E-state index in [4.69, 9.17) is 0 Å². The van der Waals surface area contributed by atoms with Gasteiger partial charge in [-0.15, -0.1) is 11.3 Å².